The third kappa shape index (κ3) is 5.15. The molecule has 0 unspecified atom stereocenters. The van der Waals surface area contributed by atoms with Crippen LogP contribution < -0.4 is 0 Å². The normalized spacial score (nSPS) is 21.2. The first kappa shape index (κ1) is 20.0. The van der Waals surface area contributed by atoms with Crippen molar-refractivity contribution in [2.24, 2.45) is 5.92 Å². The molecular weight excluding hydrogens is 366 g/mol. The van der Waals surface area contributed by atoms with Crippen molar-refractivity contribution in [2.75, 3.05) is 12.3 Å². The second kappa shape index (κ2) is 8.50. The average molecular weight is 394 g/mol. The Labute approximate surface area is 160 Å². The molecule has 8 heteroatoms. The van der Waals surface area contributed by atoms with Crippen LogP contribution in [-0.2, 0) is 22.9 Å². The van der Waals surface area contributed by atoms with E-state index in [9.17, 15) is 13.5 Å². The van der Waals surface area contributed by atoms with Gasteiger partial charge in [-0.1, -0.05) is 49.3 Å². The summed E-state index contributed by atoms with van der Waals surface area (Å²) in [6, 6.07) is 9.60. The molecule has 1 fully saturated rings. The third-order valence-corrected chi connectivity index (χ3v) is 6.82. The Hall–Kier alpha value is -1.77. The number of aliphatic hydroxyl groups excluding tert-OH is 1. The van der Waals surface area contributed by atoms with E-state index in [4.69, 9.17) is 4.52 Å². The van der Waals surface area contributed by atoms with E-state index in [1.807, 2.05) is 32.0 Å². The van der Waals surface area contributed by atoms with Crippen LogP contribution in [0.1, 0.15) is 50.0 Å². The number of benzene rings is 1. The number of sulfonamides is 1. The van der Waals surface area contributed by atoms with Crippen molar-refractivity contribution in [1.29, 1.82) is 0 Å². The van der Waals surface area contributed by atoms with Crippen molar-refractivity contribution in [3.63, 3.8) is 0 Å². The highest BCUT2D eigenvalue weighted by Gasteiger charge is 2.42. The SMILES string of the molecule is CC(C)CS(=O)(=O)N1C[C@H](O)C[C@H]1c1nc(CCCc2ccccc2)no1. The minimum Gasteiger partial charge on any atom is -0.392 e. The summed E-state index contributed by atoms with van der Waals surface area (Å²) in [6.45, 7) is 3.79. The van der Waals surface area contributed by atoms with Gasteiger partial charge in [0.25, 0.3) is 0 Å². The van der Waals surface area contributed by atoms with E-state index < -0.39 is 22.2 Å². The lowest BCUT2D eigenvalue weighted by Gasteiger charge is -2.22. The van der Waals surface area contributed by atoms with Crippen molar-refractivity contribution in [1.82, 2.24) is 14.4 Å². The first-order valence-corrected chi connectivity index (χ1v) is 11.0. The summed E-state index contributed by atoms with van der Waals surface area (Å²) in [6.07, 6.45) is 2.02. The molecular formula is C19H27N3O4S. The van der Waals surface area contributed by atoms with Gasteiger partial charge in [0.05, 0.1) is 11.9 Å². The molecule has 148 valence electrons. The molecule has 1 aromatic heterocycles. The van der Waals surface area contributed by atoms with Crippen LogP contribution in [0.3, 0.4) is 0 Å². The van der Waals surface area contributed by atoms with Crippen LogP contribution in [0.25, 0.3) is 0 Å². The summed E-state index contributed by atoms with van der Waals surface area (Å²) in [4.78, 5) is 4.41. The highest BCUT2D eigenvalue weighted by molar-refractivity contribution is 7.89. The number of aliphatic hydroxyl groups is 1. The quantitative estimate of drug-likeness (QED) is 0.739. The first-order valence-electron chi connectivity index (χ1n) is 9.39. The van der Waals surface area contributed by atoms with Crippen LogP contribution in [0.5, 0.6) is 0 Å². The van der Waals surface area contributed by atoms with Gasteiger partial charge in [0.15, 0.2) is 5.82 Å². The highest BCUT2D eigenvalue weighted by atomic mass is 32.2. The summed E-state index contributed by atoms with van der Waals surface area (Å²) in [5.41, 5.74) is 1.26. The van der Waals surface area contributed by atoms with Gasteiger partial charge >= 0.3 is 0 Å². The minimum atomic E-state index is -3.49. The molecule has 0 spiro atoms. The van der Waals surface area contributed by atoms with Crippen molar-refractivity contribution >= 4 is 10.0 Å². The van der Waals surface area contributed by atoms with Gasteiger partial charge in [-0.3, -0.25) is 0 Å². The van der Waals surface area contributed by atoms with Gasteiger partial charge in [-0.2, -0.15) is 9.29 Å². The minimum absolute atomic E-state index is 0.00428. The Morgan fingerprint density at radius 3 is 2.70 bits per heavy atom. The smallest absolute Gasteiger partial charge is 0.245 e. The fourth-order valence-corrected chi connectivity index (χ4v) is 5.43. The van der Waals surface area contributed by atoms with Gasteiger partial charge in [-0.25, -0.2) is 8.42 Å². The van der Waals surface area contributed by atoms with Crippen LogP contribution in [-0.4, -0.2) is 46.4 Å². The number of hydrogen-bond acceptors (Lipinski definition) is 6. The van der Waals surface area contributed by atoms with Crippen LogP contribution in [0.4, 0.5) is 0 Å². The van der Waals surface area contributed by atoms with Crippen molar-refractivity contribution in [3.8, 4) is 0 Å². The van der Waals surface area contributed by atoms with Crippen molar-refractivity contribution < 1.29 is 18.0 Å². The number of β-amino-alcohol motifs (C(OH)–C–C–N with tert-alkyl or cyclic N) is 1. The van der Waals surface area contributed by atoms with Gasteiger partial charge in [0.2, 0.25) is 15.9 Å². The molecule has 1 aliphatic rings. The summed E-state index contributed by atoms with van der Waals surface area (Å²) in [5, 5.41) is 14.0. The zero-order chi connectivity index (χ0) is 19.4. The third-order valence-electron chi connectivity index (χ3n) is 4.61. The van der Waals surface area contributed by atoms with Crippen LogP contribution in [0.2, 0.25) is 0 Å². The second-order valence-electron chi connectivity index (χ2n) is 7.54. The largest absolute Gasteiger partial charge is 0.392 e. The zero-order valence-electron chi connectivity index (χ0n) is 15.8. The molecule has 1 aliphatic heterocycles. The van der Waals surface area contributed by atoms with Gasteiger partial charge in [-0.05, 0) is 24.3 Å². The lowest BCUT2D eigenvalue weighted by atomic mass is 10.1. The topological polar surface area (TPSA) is 96.5 Å². The van der Waals surface area contributed by atoms with Gasteiger partial charge in [0.1, 0.15) is 6.04 Å². The molecule has 2 heterocycles. The van der Waals surface area contributed by atoms with E-state index >= 15 is 0 Å². The van der Waals surface area contributed by atoms with E-state index in [1.165, 1.54) is 9.87 Å². The number of aryl methyl sites for hydroxylation is 2. The molecule has 2 aromatic rings. The molecule has 1 saturated heterocycles. The average Bonchev–Trinajstić information content (AvgIpc) is 3.21. The molecule has 1 N–H and O–H groups in total. The summed E-state index contributed by atoms with van der Waals surface area (Å²) < 4.78 is 31.9. The van der Waals surface area contributed by atoms with Crippen molar-refractivity contribution in [3.05, 3.63) is 47.6 Å². The molecule has 3 rings (SSSR count). The Bertz CT molecular complexity index is 836. The van der Waals surface area contributed by atoms with Crippen LogP contribution in [0, 0.1) is 5.92 Å². The van der Waals surface area contributed by atoms with E-state index in [2.05, 4.69) is 22.3 Å². The molecule has 0 saturated carbocycles. The van der Waals surface area contributed by atoms with E-state index in [1.54, 1.807) is 0 Å². The Morgan fingerprint density at radius 2 is 2.00 bits per heavy atom. The Morgan fingerprint density at radius 1 is 1.26 bits per heavy atom. The molecule has 0 amide bonds. The lowest BCUT2D eigenvalue weighted by Crippen LogP contribution is -2.35. The maximum absolute atomic E-state index is 12.6. The lowest BCUT2D eigenvalue weighted by molar-refractivity contribution is 0.188. The maximum atomic E-state index is 12.6. The second-order valence-corrected chi connectivity index (χ2v) is 9.50. The Kier molecular flexibility index (Phi) is 6.29. The van der Waals surface area contributed by atoms with Gasteiger partial charge in [-0.15, -0.1) is 0 Å². The molecule has 2 atom stereocenters. The van der Waals surface area contributed by atoms with Crippen LogP contribution >= 0.6 is 0 Å². The number of nitrogens with zero attached hydrogens (tertiary/aromatic N) is 3. The molecule has 0 radical (unpaired) electrons. The highest BCUT2D eigenvalue weighted by Crippen LogP contribution is 2.34. The Balaban J connectivity index is 1.65. The van der Waals surface area contributed by atoms with Gasteiger partial charge in [0, 0.05) is 19.4 Å². The van der Waals surface area contributed by atoms with E-state index in [-0.39, 0.29) is 30.5 Å². The molecule has 0 aliphatic carbocycles. The molecule has 27 heavy (non-hydrogen) atoms. The van der Waals surface area contributed by atoms with Crippen molar-refractivity contribution in [2.45, 2.75) is 51.7 Å². The van der Waals surface area contributed by atoms with Gasteiger partial charge < -0.3 is 9.63 Å². The molecule has 1 aromatic carbocycles. The first-order chi connectivity index (χ1) is 12.8. The predicted molar refractivity (Wildman–Crippen MR) is 101 cm³/mol. The monoisotopic (exact) mass is 393 g/mol. The number of aromatic nitrogens is 2. The summed E-state index contributed by atoms with van der Waals surface area (Å²) >= 11 is 0. The fraction of sp³-hybridized carbons (Fsp3) is 0.579. The zero-order valence-corrected chi connectivity index (χ0v) is 16.6. The molecule has 0 bridgehead atoms. The number of rotatable bonds is 8. The van der Waals surface area contributed by atoms with E-state index in [0.29, 0.717) is 12.2 Å². The summed E-state index contributed by atoms with van der Waals surface area (Å²) in [7, 11) is -3.49. The number of hydrogen-bond donors (Lipinski definition) is 1. The standard InChI is InChI=1S/C19H27N3O4S/c1-14(2)13-27(24,25)22-12-16(23)11-17(22)19-20-18(21-26-19)10-6-9-15-7-4-3-5-8-15/h3-5,7-8,14,16-17,23H,6,9-13H2,1-2H3/t16-,17+/m1/s1. The summed E-state index contributed by atoms with van der Waals surface area (Å²) in [5.74, 6) is 0.885. The van der Waals surface area contributed by atoms with E-state index in [0.717, 1.165) is 12.8 Å². The van der Waals surface area contributed by atoms with Crippen LogP contribution in [0.15, 0.2) is 34.9 Å². The predicted octanol–water partition coefficient (Wildman–Crippen LogP) is 2.34. The maximum Gasteiger partial charge on any atom is 0.245 e. The fourth-order valence-electron chi connectivity index (χ4n) is 3.43. The molecule has 7 nitrogen and oxygen atoms in total.